The van der Waals surface area contributed by atoms with Gasteiger partial charge in [-0.15, -0.1) is 6.42 Å². The van der Waals surface area contributed by atoms with Crippen molar-refractivity contribution in [3.05, 3.63) is 34.7 Å². The van der Waals surface area contributed by atoms with Gasteiger partial charge in [-0.1, -0.05) is 24.4 Å². The number of aromatic nitrogens is 4. The topological polar surface area (TPSA) is 76.2 Å². The fraction of sp³-hybridized carbons (Fsp3) is 0.316. The van der Waals surface area contributed by atoms with E-state index < -0.39 is 0 Å². The monoisotopic (exact) mass is 383 g/mol. The van der Waals surface area contributed by atoms with Crippen LogP contribution in [0.5, 0.6) is 11.8 Å². The lowest BCUT2D eigenvalue weighted by Gasteiger charge is -2.28. The second-order valence-electron chi connectivity index (χ2n) is 6.08. The molecule has 1 fully saturated rings. The Labute approximate surface area is 161 Å². The van der Waals surface area contributed by atoms with E-state index >= 15 is 0 Å². The molecule has 3 aromatic rings. The van der Waals surface area contributed by atoms with Crippen LogP contribution in [0.1, 0.15) is 18.2 Å². The first-order chi connectivity index (χ1) is 13.2. The molecule has 1 aliphatic heterocycles. The van der Waals surface area contributed by atoms with Crippen molar-refractivity contribution in [1.82, 2.24) is 19.9 Å². The number of morpholine rings is 1. The molecule has 0 atom stereocenters. The number of H-pyrrole nitrogens is 1. The van der Waals surface area contributed by atoms with Crippen molar-refractivity contribution in [3.63, 3.8) is 0 Å². The summed E-state index contributed by atoms with van der Waals surface area (Å²) in [5.74, 6) is 3.75. The molecule has 4 rings (SSSR count). The average Bonchev–Trinajstić information content (AvgIpc) is 3.04. The minimum Gasteiger partial charge on any atom is -0.422 e. The van der Waals surface area contributed by atoms with E-state index in [0.717, 1.165) is 36.4 Å². The smallest absolute Gasteiger partial charge is 0.326 e. The van der Waals surface area contributed by atoms with Gasteiger partial charge < -0.3 is 19.4 Å². The van der Waals surface area contributed by atoms with Gasteiger partial charge >= 0.3 is 6.01 Å². The zero-order chi connectivity index (χ0) is 18.8. The fourth-order valence-electron chi connectivity index (χ4n) is 3.02. The predicted octanol–water partition coefficient (Wildman–Crippen LogP) is 3.18. The summed E-state index contributed by atoms with van der Waals surface area (Å²) in [4.78, 5) is 18.6. The number of fused-ring (bicyclic) bond motifs is 1. The van der Waals surface area contributed by atoms with E-state index in [2.05, 4.69) is 30.8 Å². The average molecular weight is 384 g/mol. The number of hydrogen-bond donors (Lipinski definition) is 1. The van der Waals surface area contributed by atoms with Crippen LogP contribution in [-0.2, 0) is 11.2 Å². The second-order valence-corrected chi connectivity index (χ2v) is 6.46. The third kappa shape index (κ3) is 3.42. The van der Waals surface area contributed by atoms with Gasteiger partial charge in [-0.25, -0.2) is 0 Å². The molecule has 1 N–H and O–H groups in total. The maximum Gasteiger partial charge on any atom is 0.326 e. The lowest BCUT2D eigenvalue weighted by atomic mass is 10.2. The Balaban J connectivity index is 1.80. The molecule has 3 aromatic heterocycles. The highest BCUT2D eigenvalue weighted by Gasteiger charge is 2.23. The number of aryl methyl sites for hydroxylation is 1. The molecule has 1 saturated heterocycles. The zero-order valence-corrected chi connectivity index (χ0v) is 15.6. The van der Waals surface area contributed by atoms with Crippen LogP contribution < -0.4 is 9.64 Å². The lowest BCUT2D eigenvalue weighted by Crippen LogP contribution is -2.37. The van der Waals surface area contributed by atoms with Crippen LogP contribution in [-0.4, -0.2) is 46.2 Å². The quantitative estimate of drug-likeness (QED) is 0.697. The van der Waals surface area contributed by atoms with Crippen molar-refractivity contribution in [2.75, 3.05) is 31.2 Å². The van der Waals surface area contributed by atoms with Crippen LogP contribution in [0.15, 0.2) is 18.5 Å². The van der Waals surface area contributed by atoms with E-state index in [1.54, 1.807) is 18.5 Å². The number of hydrogen-bond acceptors (Lipinski definition) is 6. The largest absolute Gasteiger partial charge is 0.422 e. The van der Waals surface area contributed by atoms with E-state index in [9.17, 15) is 0 Å². The lowest BCUT2D eigenvalue weighted by molar-refractivity contribution is 0.122. The molecular formula is C19H18ClN5O2. The van der Waals surface area contributed by atoms with Crippen LogP contribution in [0.25, 0.3) is 11.0 Å². The first kappa shape index (κ1) is 17.6. The fourth-order valence-corrected chi connectivity index (χ4v) is 3.38. The number of nitrogens with zero attached hydrogens (tertiary/aromatic N) is 4. The van der Waals surface area contributed by atoms with Gasteiger partial charge in [0.1, 0.15) is 11.5 Å². The molecule has 27 heavy (non-hydrogen) atoms. The Kier molecular flexibility index (Phi) is 4.84. The van der Waals surface area contributed by atoms with Gasteiger partial charge in [0.2, 0.25) is 0 Å². The van der Waals surface area contributed by atoms with Crippen LogP contribution in [0, 0.1) is 12.3 Å². The molecule has 0 radical (unpaired) electrons. The second kappa shape index (κ2) is 7.43. The summed E-state index contributed by atoms with van der Waals surface area (Å²) in [6.07, 6.45) is 9.36. The Hall–Kier alpha value is -2.82. The summed E-state index contributed by atoms with van der Waals surface area (Å²) in [6, 6.07) is 1.93. The molecular weight excluding hydrogens is 366 g/mol. The molecule has 8 heteroatoms. The third-order valence-corrected chi connectivity index (χ3v) is 4.79. The SMILES string of the molecule is C#Cc1cncc(Oc2nc(N3CCOCC3)c3c(Cl)c(CC)[nH]c3n2)c1. The third-order valence-electron chi connectivity index (χ3n) is 4.38. The van der Waals surface area contributed by atoms with Crippen molar-refractivity contribution in [3.8, 4) is 24.1 Å². The summed E-state index contributed by atoms with van der Waals surface area (Å²) >= 11 is 6.59. The minimum absolute atomic E-state index is 0.209. The summed E-state index contributed by atoms with van der Waals surface area (Å²) < 4.78 is 11.3. The van der Waals surface area contributed by atoms with E-state index in [1.807, 2.05) is 6.92 Å². The number of halogens is 1. The minimum atomic E-state index is 0.209. The number of terminal acetylenes is 1. The number of pyridine rings is 1. The van der Waals surface area contributed by atoms with E-state index in [-0.39, 0.29) is 6.01 Å². The van der Waals surface area contributed by atoms with Crippen molar-refractivity contribution in [2.24, 2.45) is 0 Å². The first-order valence-electron chi connectivity index (χ1n) is 8.70. The predicted molar refractivity (Wildman–Crippen MR) is 104 cm³/mol. The molecule has 0 saturated carbocycles. The number of ether oxygens (including phenoxy) is 2. The van der Waals surface area contributed by atoms with Crippen LogP contribution in [0.3, 0.4) is 0 Å². The summed E-state index contributed by atoms with van der Waals surface area (Å²) in [5.41, 5.74) is 2.19. The highest BCUT2D eigenvalue weighted by Crippen LogP contribution is 2.36. The molecule has 138 valence electrons. The van der Waals surface area contributed by atoms with Gasteiger partial charge in [-0.2, -0.15) is 9.97 Å². The van der Waals surface area contributed by atoms with Crippen molar-refractivity contribution in [1.29, 1.82) is 0 Å². The number of rotatable bonds is 4. The number of nitrogens with one attached hydrogen (secondary N) is 1. The van der Waals surface area contributed by atoms with Gasteiger partial charge in [0.25, 0.3) is 0 Å². The molecule has 4 heterocycles. The maximum absolute atomic E-state index is 6.59. The standard InChI is InChI=1S/C19H18ClN5O2/c1-3-12-9-13(11-21-10-12)27-19-23-17-15(16(20)14(4-2)22-17)18(24-19)25-5-7-26-8-6-25/h1,9-11H,4-8H2,2H3,(H,22,23,24). The molecule has 0 amide bonds. The number of anilines is 1. The van der Waals surface area contributed by atoms with Gasteiger partial charge in [-0.05, 0) is 12.5 Å². The Morgan fingerprint density at radius 2 is 2.15 bits per heavy atom. The summed E-state index contributed by atoms with van der Waals surface area (Å²) in [5, 5.41) is 1.45. The molecule has 0 aliphatic carbocycles. The highest BCUT2D eigenvalue weighted by atomic mass is 35.5. The van der Waals surface area contributed by atoms with Gasteiger partial charge in [0, 0.05) is 30.5 Å². The van der Waals surface area contributed by atoms with Gasteiger partial charge in [0.15, 0.2) is 5.75 Å². The van der Waals surface area contributed by atoms with E-state index in [0.29, 0.717) is 35.2 Å². The highest BCUT2D eigenvalue weighted by molar-refractivity contribution is 6.37. The van der Waals surface area contributed by atoms with E-state index in [4.69, 9.17) is 27.5 Å². The Morgan fingerprint density at radius 3 is 2.89 bits per heavy atom. The van der Waals surface area contributed by atoms with Crippen LogP contribution in [0.4, 0.5) is 5.82 Å². The van der Waals surface area contributed by atoms with Crippen LogP contribution in [0.2, 0.25) is 5.02 Å². The molecule has 0 aromatic carbocycles. The van der Waals surface area contributed by atoms with Crippen molar-refractivity contribution in [2.45, 2.75) is 13.3 Å². The Bertz CT molecular complexity index is 1020. The first-order valence-corrected chi connectivity index (χ1v) is 9.07. The zero-order valence-electron chi connectivity index (χ0n) is 14.8. The van der Waals surface area contributed by atoms with Crippen LogP contribution >= 0.6 is 11.6 Å². The maximum atomic E-state index is 6.59. The molecule has 7 nitrogen and oxygen atoms in total. The molecule has 0 unspecified atom stereocenters. The molecule has 0 spiro atoms. The molecule has 1 aliphatic rings. The van der Waals surface area contributed by atoms with E-state index in [1.165, 1.54) is 0 Å². The summed E-state index contributed by atoms with van der Waals surface area (Å²) in [6.45, 7) is 4.76. The number of aromatic amines is 1. The normalized spacial score (nSPS) is 14.3. The van der Waals surface area contributed by atoms with Crippen molar-refractivity contribution < 1.29 is 9.47 Å². The van der Waals surface area contributed by atoms with Gasteiger partial charge in [-0.3, -0.25) is 4.98 Å². The van der Waals surface area contributed by atoms with Gasteiger partial charge in [0.05, 0.1) is 29.8 Å². The molecule has 0 bridgehead atoms. The summed E-state index contributed by atoms with van der Waals surface area (Å²) in [7, 11) is 0. The van der Waals surface area contributed by atoms with Crippen molar-refractivity contribution >= 4 is 28.5 Å². The Morgan fingerprint density at radius 1 is 1.33 bits per heavy atom.